The van der Waals surface area contributed by atoms with Crippen molar-refractivity contribution in [2.24, 2.45) is 10.9 Å². The van der Waals surface area contributed by atoms with Crippen LogP contribution in [0.4, 0.5) is 22.0 Å². The molecule has 5 unspecified atom stereocenters. The number of carbonyl (C=O) groups is 2. The Labute approximate surface area is 198 Å². The third kappa shape index (κ3) is 5.21. The van der Waals surface area contributed by atoms with Gasteiger partial charge in [0.2, 0.25) is 5.91 Å². The molecule has 2 aromatic carbocycles. The average molecular weight is 493 g/mol. The minimum absolute atomic E-state index is 0.105. The predicted molar refractivity (Wildman–Crippen MR) is 120 cm³/mol. The number of rotatable bonds is 5. The summed E-state index contributed by atoms with van der Waals surface area (Å²) in [5.74, 6) is -2.07. The zero-order valence-corrected chi connectivity index (χ0v) is 18.8. The number of nitrogens with one attached hydrogen (secondary N) is 2. The Morgan fingerprint density at radius 1 is 1.09 bits per heavy atom. The van der Waals surface area contributed by atoms with E-state index < -0.39 is 47.9 Å². The number of hydrogen-bond acceptors (Lipinski definition) is 3. The molecule has 0 aromatic heterocycles. The quantitative estimate of drug-likeness (QED) is 0.608. The van der Waals surface area contributed by atoms with Gasteiger partial charge < -0.3 is 10.6 Å². The lowest BCUT2D eigenvalue weighted by atomic mass is 9.71. The number of nitrogens with zero attached hydrogens (tertiary/aromatic N) is 1. The van der Waals surface area contributed by atoms with Crippen molar-refractivity contribution in [1.82, 2.24) is 10.6 Å². The van der Waals surface area contributed by atoms with Crippen LogP contribution in [0.1, 0.15) is 45.8 Å². The van der Waals surface area contributed by atoms with Crippen LogP contribution in [0.2, 0.25) is 0 Å². The number of carbonyl (C=O) groups excluding carboxylic acids is 2. The lowest BCUT2D eigenvalue weighted by Crippen LogP contribution is -2.40. The van der Waals surface area contributed by atoms with Crippen molar-refractivity contribution >= 4 is 17.5 Å². The average Bonchev–Trinajstić information content (AvgIpc) is 3.26. The summed E-state index contributed by atoms with van der Waals surface area (Å²) >= 11 is 0. The Morgan fingerprint density at radius 3 is 2.46 bits per heavy atom. The second kappa shape index (κ2) is 9.75. The van der Waals surface area contributed by atoms with Gasteiger partial charge in [-0.05, 0) is 41.8 Å². The second-order valence-corrected chi connectivity index (χ2v) is 8.79. The van der Waals surface area contributed by atoms with Crippen molar-refractivity contribution in [2.45, 2.75) is 49.9 Å². The van der Waals surface area contributed by atoms with Gasteiger partial charge in [0.05, 0.1) is 5.56 Å². The first-order valence-electron chi connectivity index (χ1n) is 11.2. The molecule has 1 fully saturated rings. The van der Waals surface area contributed by atoms with Crippen LogP contribution in [0.15, 0.2) is 53.5 Å². The Bertz CT molecular complexity index is 1130. The zero-order chi connectivity index (χ0) is 25.3. The topological polar surface area (TPSA) is 70.6 Å². The summed E-state index contributed by atoms with van der Waals surface area (Å²) in [5.41, 5.74) is 0.700. The minimum atomic E-state index is -4.48. The number of alkyl halides is 5. The van der Waals surface area contributed by atoms with Gasteiger partial charge in [0.15, 0.2) is 0 Å². The van der Waals surface area contributed by atoms with Gasteiger partial charge >= 0.3 is 6.18 Å². The molecule has 2 aliphatic rings. The first kappa shape index (κ1) is 24.8. The van der Waals surface area contributed by atoms with Crippen molar-refractivity contribution in [1.29, 1.82) is 0 Å². The Kier molecular flexibility index (Phi) is 6.91. The standard InChI is InChI=1S/C25H24F5N3O2/c1-31-24(35)20-10-17-19(33-20)11-18(26)22(27)21(17)14-5-7-15(8-6-14)23(34)32-12-13-3-2-4-16(9-13)25(28,29)30/h2-9,17-18,20-22H,10-12H2,1H3,(H,31,35)(H,32,34). The van der Waals surface area contributed by atoms with E-state index in [-0.39, 0.29) is 30.9 Å². The Morgan fingerprint density at radius 2 is 1.80 bits per heavy atom. The summed E-state index contributed by atoms with van der Waals surface area (Å²) in [7, 11) is 1.48. The van der Waals surface area contributed by atoms with Gasteiger partial charge in [0, 0.05) is 43.1 Å². The highest BCUT2D eigenvalue weighted by Gasteiger charge is 2.48. The largest absolute Gasteiger partial charge is 0.416 e. The minimum Gasteiger partial charge on any atom is -0.357 e. The van der Waals surface area contributed by atoms with E-state index in [4.69, 9.17) is 0 Å². The zero-order valence-electron chi connectivity index (χ0n) is 18.8. The van der Waals surface area contributed by atoms with Crippen LogP contribution in [0.25, 0.3) is 0 Å². The van der Waals surface area contributed by atoms with Crippen LogP contribution < -0.4 is 10.6 Å². The number of fused-ring (bicyclic) bond motifs is 1. The van der Waals surface area contributed by atoms with Gasteiger partial charge in [0.1, 0.15) is 18.4 Å². The fourth-order valence-corrected chi connectivity index (χ4v) is 4.79. The van der Waals surface area contributed by atoms with Crippen LogP contribution in [0.3, 0.4) is 0 Å². The number of aliphatic imine (C=N–C) groups is 1. The molecule has 5 nitrogen and oxygen atoms in total. The van der Waals surface area contributed by atoms with Crippen molar-refractivity contribution in [3.05, 3.63) is 70.8 Å². The maximum atomic E-state index is 15.0. The molecule has 2 amide bonds. The lowest BCUT2D eigenvalue weighted by Gasteiger charge is -2.35. The Balaban J connectivity index is 1.46. The van der Waals surface area contributed by atoms with E-state index in [1.165, 1.54) is 31.3 Å². The fraction of sp³-hybridized carbons (Fsp3) is 0.400. The van der Waals surface area contributed by atoms with E-state index in [9.17, 15) is 31.5 Å². The van der Waals surface area contributed by atoms with Crippen molar-refractivity contribution in [2.75, 3.05) is 7.05 Å². The molecule has 0 bridgehead atoms. The SMILES string of the molecule is CNC(=O)C1CC2C(=N1)CC(F)C(F)C2c1ccc(C(=O)NCc2cccc(C(F)(F)F)c2)cc1. The highest BCUT2D eigenvalue weighted by Crippen LogP contribution is 2.45. The van der Waals surface area contributed by atoms with Crippen molar-refractivity contribution < 1.29 is 31.5 Å². The lowest BCUT2D eigenvalue weighted by molar-refractivity contribution is -0.137. The maximum Gasteiger partial charge on any atom is 0.416 e. The maximum absolute atomic E-state index is 15.0. The first-order valence-corrected chi connectivity index (χ1v) is 11.2. The summed E-state index contributed by atoms with van der Waals surface area (Å²) in [6.45, 7) is -0.105. The number of benzene rings is 2. The molecule has 1 aliphatic heterocycles. The molecule has 1 saturated carbocycles. The molecule has 0 spiro atoms. The van der Waals surface area contributed by atoms with Crippen molar-refractivity contribution in [3.8, 4) is 0 Å². The van der Waals surface area contributed by atoms with Gasteiger partial charge in [-0.2, -0.15) is 13.2 Å². The van der Waals surface area contributed by atoms with E-state index in [1.54, 1.807) is 12.1 Å². The molecule has 2 aromatic rings. The van der Waals surface area contributed by atoms with E-state index in [0.717, 1.165) is 12.1 Å². The molecule has 186 valence electrons. The molecule has 35 heavy (non-hydrogen) atoms. The van der Waals surface area contributed by atoms with E-state index >= 15 is 0 Å². The van der Waals surface area contributed by atoms with Crippen LogP contribution in [0.5, 0.6) is 0 Å². The van der Waals surface area contributed by atoms with E-state index in [0.29, 0.717) is 16.8 Å². The van der Waals surface area contributed by atoms with Gasteiger partial charge in [0.25, 0.3) is 5.91 Å². The first-order chi connectivity index (χ1) is 16.6. The van der Waals surface area contributed by atoms with Crippen LogP contribution >= 0.6 is 0 Å². The molecule has 5 atom stereocenters. The molecule has 1 aliphatic carbocycles. The van der Waals surface area contributed by atoms with Crippen LogP contribution in [-0.2, 0) is 17.5 Å². The van der Waals surface area contributed by atoms with Gasteiger partial charge in [-0.25, -0.2) is 8.78 Å². The molecule has 0 radical (unpaired) electrons. The second-order valence-electron chi connectivity index (χ2n) is 8.79. The van der Waals surface area contributed by atoms with Crippen LogP contribution in [-0.4, -0.2) is 43.0 Å². The smallest absolute Gasteiger partial charge is 0.357 e. The van der Waals surface area contributed by atoms with Crippen LogP contribution in [0, 0.1) is 5.92 Å². The summed E-state index contributed by atoms with van der Waals surface area (Å²) < 4.78 is 68.0. The fourth-order valence-electron chi connectivity index (χ4n) is 4.79. The Hall–Kier alpha value is -3.30. The summed E-state index contributed by atoms with van der Waals surface area (Å²) in [6.07, 6.45) is -7.86. The number of amides is 2. The summed E-state index contributed by atoms with van der Waals surface area (Å²) in [5, 5.41) is 5.08. The monoisotopic (exact) mass is 493 g/mol. The normalized spacial score (nSPS) is 26.0. The molecule has 1 heterocycles. The summed E-state index contributed by atoms with van der Waals surface area (Å²) in [4.78, 5) is 28.8. The molecule has 10 heteroatoms. The molecule has 4 rings (SSSR count). The van der Waals surface area contributed by atoms with Gasteiger partial charge in [-0.3, -0.25) is 14.6 Å². The molecule has 0 saturated heterocycles. The third-order valence-corrected chi connectivity index (χ3v) is 6.57. The predicted octanol–water partition coefficient (Wildman–Crippen LogP) is 4.37. The third-order valence-electron chi connectivity index (χ3n) is 6.57. The highest BCUT2D eigenvalue weighted by atomic mass is 19.4. The molecule has 2 N–H and O–H groups in total. The number of hydrogen-bond donors (Lipinski definition) is 2. The number of halogens is 5. The van der Waals surface area contributed by atoms with Crippen molar-refractivity contribution in [3.63, 3.8) is 0 Å². The van der Waals surface area contributed by atoms with E-state index in [2.05, 4.69) is 15.6 Å². The van der Waals surface area contributed by atoms with Gasteiger partial charge in [-0.15, -0.1) is 0 Å². The molecular weight excluding hydrogens is 469 g/mol. The highest BCUT2D eigenvalue weighted by molar-refractivity contribution is 5.96. The van der Waals surface area contributed by atoms with E-state index in [1.807, 2.05) is 0 Å². The summed E-state index contributed by atoms with van der Waals surface area (Å²) in [6, 6.07) is 9.99. The molecular formula is C25H24F5N3O2. The number of likely N-dealkylation sites (N-methyl/N-ethyl adjacent to an activating group) is 1. The van der Waals surface area contributed by atoms with Gasteiger partial charge in [-0.1, -0.05) is 24.3 Å².